The Morgan fingerprint density at radius 2 is 1.78 bits per heavy atom. The molecule has 0 aliphatic carbocycles. The second-order valence-electron chi connectivity index (χ2n) is 5.76. The molecule has 0 amide bonds. The van der Waals surface area contributed by atoms with Crippen molar-refractivity contribution in [2.24, 2.45) is 0 Å². The Kier molecular flexibility index (Phi) is 4.53. The maximum atomic E-state index is 12.2. The molecule has 4 nitrogen and oxygen atoms in total. The van der Waals surface area contributed by atoms with Crippen LogP contribution < -0.4 is 5.56 Å². The topological polar surface area (TPSA) is 49.0 Å². The van der Waals surface area contributed by atoms with Gasteiger partial charge in [0.25, 0.3) is 5.56 Å². The summed E-state index contributed by atoms with van der Waals surface area (Å²) in [7, 11) is 0. The zero-order chi connectivity index (χ0) is 16.2. The van der Waals surface area contributed by atoms with E-state index in [9.17, 15) is 4.79 Å². The third-order valence-electron chi connectivity index (χ3n) is 4.14. The van der Waals surface area contributed by atoms with Gasteiger partial charge >= 0.3 is 0 Å². The zero-order valence-electron chi connectivity index (χ0n) is 13.5. The molecule has 0 radical (unpaired) electrons. The van der Waals surface area contributed by atoms with E-state index < -0.39 is 0 Å². The molecule has 1 aromatic heterocycles. The van der Waals surface area contributed by atoms with Crippen molar-refractivity contribution in [3.05, 3.63) is 75.8 Å². The number of nitrogens with one attached hydrogen (secondary N) is 1. The van der Waals surface area contributed by atoms with Crippen molar-refractivity contribution in [2.75, 3.05) is 6.54 Å². The third-order valence-corrected chi connectivity index (χ3v) is 4.14. The monoisotopic (exact) mass is 307 g/mol. The number of para-hydroxylation sites is 1. The number of aromatic amines is 1. The molecule has 0 fully saturated rings. The standard InChI is InChI=1S/C19H21N3O/c1-3-22(12-15-9-5-4-8-14(15)2)13-18-20-17-11-7-6-10-16(17)19(23)21-18/h4-11H,3,12-13H2,1-2H3,(H,20,21,23). The molecule has 1 N–H and O–H groups in total. The van der Waals surface area contributed by atoms with Gasteiger partial charge in [0.05, 0.1) is 17.4 Å². The lowest BCUT2D eigenvalue weighted by molar-refractivity contribution is 0.264. The van der Waals surface area contributed by atoms with Crippen LogP contribution in [0.1, 0.15) is 23.9 Å². The lowest BCUT2D eigenvalue weighted by Gasteiger charge is -2.21. The first kappa shape index (κ1) is 15.4. The van der Waals surface area contributed by atoms with Crippen LogP contribution in [0.3, 0.4) is 0 Å². The number of rotatable bonds is 5. The average Bonchev–Trinajstić information content (AvgIpc) is 2.56. The Labute approximate surface area is 135 Å². The Hall–Kier alpha value is -2.46. The summed E-state index contributed by atoms with van der Waals surface area (Å²) >= 11 is 0. The smallest absolute Gasteiger partial charge is 0.258 e. The molecule has 118 valence electrons. The highest BCUT2D eigenvalue weighted by Gasteiger charge is 2.10. The molecule has 3 aromatic rings. The molecule has 23 heavy (non-hydrogen) atoms. The van der Waals surface area contributed by atoms with E-state index in [1.54, 1.807) is 6.07 Å². The Morgan fingerprint density at radius 3 is 2.57 bits per heavy atom. The Balaban J connectivity index is 1.84. The Morgan fingerprint density at radius 1 is 1.04 bits per heavy atom. The van der Waals surface area contributed by atoms with Crippen LogP contribution >= 0.6 is 0 Å². The minimum Gasteiger partial charge on any atom is -0.309 e. The number of H-pyrrole nitrogens is 1. The first-order valence-corrected chi connectivity index (χ1v) is 7.92. The van der Waals surface area contributed by atoms with Crippen LogP contribution in [-0.2, 0) is 13.1 Å². The molecule has 0 aliphatic heterocycles. The molecule has 4 heteroatoms. The summed E-state index contributed by atoms with van der Waals surface area (Å²) in [5, 5.41) is 0.637. The van der Waals surface area contributed by atoms with Crippen LogP contribution in [0.15, 0.2) is 53.3 Å². The predicted octanol–water partition coefficient (Wildman–Crippen LogP) is 3.25. The van der Waals surface area contributed by atoms with Gasteiger partial charge in [-0.3, -0.25) is 9.69 Å². The van der Waals surface area contributed by atoms with Crippen LogP contribution in [0.4, 0.5) is 0 Å². The van der Waals surface area contributed by atoms with Crippen molar-refractivity contribution in [3.63, 3.8) is 0 Å². The lowest BCUT2D eigenvalue weighted by atomic mass is 10.1. The van der Waals surface area contributed by atoms with Gasteiger partial charge in [0, 0.05) is 6.54 Å². The Bertz CT molecular complexity index is 870. The fourth-order valence-electron chi connectivity index (χ4n) is 2.73. The van der Waals surface area contributed by atoms with E-state index in [-0.39, 0.29) is 5.56 Å². The molecule has 0 spiro atoms. The van der Waals surface area contributed by atoms with Gasteiger partial charge in [0.15, 0.2) is 0 Å². The van der Waals surface area contributed by atoms with E-state index in [1.807, 2.05) is 18.2 Å². The van der Waals surface area contributed by atoms with Gasteiger partial charge in [0.2, 0.25) is 0 Å². The summed E-state index contributed by atoms with van der Waals surface area (Å²) < 4.78 is 0. The van der Waals surface area contributed by atoms with E-state index in [4.69, 9.17) is 0 Å². The number of hydrogen-bond acceptors (Lipinski definition) is 3. The van der Waals surface area contributed by atoms with Gasteiger partial charge in [-0.2, -0.15) is 0 Å². The van der Waals surface area contributed by atoms with Crippen molar-refractivity contribution in [1.82, 2.24) is 14.9 Å². The highest BCUT2D eigenvalue weighted by Crippen LogP contribution is 2.12. The second kappa shape index (κ2) is 6.75. The van der Waals surface area contributed by atoms with Gasteiger partial charge in [0.1, 0.15) is 5.82 Å². The van der Waals surface area contributed by atoms with Gasteiger partial charge in [-0.25, -0.2) is 4.98 Å². The number of aromatic nitrogens is 2. The first-order valence-electron chi connectivity index (χ1n) is 7.92. The number of hydrogen-bond donors (Lipinski definition) is 1. The molecule has 0 bridgehead atoms. The van der Waals surface area contributed by atoms with Crippen LogP contribution in [0.25, 0.3) is 10.9 Å². The maximum Gasteiger partial charge on any atom is 0.258 e. The van der Waals surface area contributed by atoms with E-state index in [2.05, 4.69) is 53.0 Å². The normalized spacial score (nSPS) is 11.3. The van der Waals surface area contributed by atoms with Gasteiger partial charge < -0.3 is 4.98 Å². The molecule has 0 saturated heterocycles. The number of nitrogens with zero attached hydrogens (tertiary/aromatic N) is 2. The summed E-state index contributed by atoms with van der Waals surface area (Å²) in [4.78, 5) is 21.9. The molecule has 2 aromatic carbocycles. The number of benzene rings is 2. The summed E-state index contributed by atoms with van der Waals surface area (Å²) in [6, 6.07) is 15.8. The average molecular weight is 307 g/mol. The first-order chi connectivity index (χ1) is 11.2. The highest BCUT2D eigenvalue weighted by atomic mass is 16.1. The van der Waals surface area contributed by atoms with E-state index in [0.717, 1.165) is 18.6 Å². The molecule has 0 saturated carbocycles. The quantitative estimate of drug-likeness (QED) is 0.787. The van der Waals surface area contributed by atoms with Crippen molar-refractivity contribution < 1.29 is 0 Å². The minimum atomic E-state index is -0.0717. The fourth-order valence-corrected chi connectivity index (χ4v) is 2.73. The van der Waals surface area contributed by atoms with Crippen LogP contribution in [-0.4, -0.2) is 21.4 Å². The summed E-state index contributed by atoms with van der Waals surface area (Å²) in [5.41, 5.74) is 3.26. The van der Waals surface area contributed by atoms with Crippen LogP contribution in [0.2, 0.25) is 0 Å². The SMILES string of the molecule is CCN(Cc1nc2ccccc2c(=O)[nH]1)Cc1ccccc1C. The summed E-state index contributed by atoms with van der Waals surface area (Å²) in [5.74, 6) is 0.712. The second-order valence-corrected chi connectivity index (χ2v) is 5.76. The van der Waals surface area contributed by atoms with Crippen LogP contribution in [0.5, 0.6) is 0 Å². The molecule has 0 unspecified atom stereocenters. The minimum absolute atomic E-state index is 0.0717. The third kappa shape index (κ3) is 3.48. The van der Waals surface area contributed by atoms with Gasteiger partial charge in [-0.15, -0.1) is 0 Å². The van der Waals surface area contributed by atoms with E-state index in [1.165, 1.54) is 11.1 Å². The molecular weight excluding hydrogens is 286 g/mol. The number of fused-ring (bicyclic) bond motifs is 1. The van der Waals surface area contributed by atoms with Crippen LogP contribution in [0, 0.1) is 6.92 Å². The predicted molar refractivity (Wildman–Crippen MR) is 93.3 cm³/mol. The molecule has 1 heterocycles. The number of aryl methyl sites for hydroxylation is 1. The zero-order valence-corrected chi connectivity index (χ0v) is 13.5. The largest absolute Gasteiger partial charge is 0.309 e. The summed E-state index contributed by atoms with van der Waals surface area (Å²) in [6.07, 6.45) is 0. The van der Waals surface area contributed by atoms with E-state index >= 15 is 0 Å². The lowest BCUT2D eigenvalue weighted by Crippen LogP contribution is -2.25. The highest BCUT2D eigenvalue weighted by molar-refractivity contribution is 5.77. The molecule has 0 aliphatic rings. The van der Waals surface area contributed by atoms with Crippen molar-refractivity contribution in [1.29, 1.82) is 0 Å². The van der Waals surface area contributed by atoms with Gasteiger partial charge in [-0.1, -0.05) is 43.3 Å². The molecule has 3 rings (SSSR count). The molecular formula is C19H21N3O. The van der Waals surface area contributed by atoms with Crippen molar-refractivity contribution >= 4 is 10.9 Å². The van der Waals surface area contributed by atoms with Crippen molar-refractivity contribution in [3.8, 4) is 0 Å². The molecule has 0 atom stereocenters. The van der Waals surface area contributed by atoms with Gasteiger partial charge in [-0.05, 0) is 36.7 Å². The maximum absolute atomic E-state index is 12.2. The van der Waals surface area contributed by atoms with Crippen molar-refractivity contribution in [2.45, 2.75) is 26.9 Å². The summed E-state index contributed by atoms with van der Waals surface area (Å²) in [6.45, 7) is 6.62. The fraction of sp³-hybridized carbons (Fsp3) is 0.263. The van der Waals surface area contributed by atoms with E-state index in [0.29, 0.717) is 17.8 Å².